The van der Waals surface area contributed by atoms with Crippen molar-refractivity contribution in [2.45, 2.75) is 58.3 Å². The number of aryl methyl sites for hydroxylation is 2. The first kappa shape index (κ1) is 20.2. The fraction of sp³-hybridized carbons (Fsp3) is 0.389. The lowest BCUT2D eigenvalue weighted by molar-refractivity contribution is 0.102. The van der Waals surface area contributed by atoms with Crippen LogP contribution in [0, 0.1) is 36.5 Å². The zero-order chi connectivity index (χ0) is 23.7. The second-order valence-electron chi connectivity index (χ2n) is 12.6. The second-order valence-corrected chi connectivity index (χ2v) is 12.6. The molecule has 1 fully saturated rings. The van der Waals surface area contributed by atoms with E-state index >= 15 is 0 Å². The normalized spacial score (nSPS) is 34.2. The summed E-state index contributed by atoms with van der Waals surface area (Å²) < 4.78 is 0. The zero-order valence-corrected chi connectivity index (χ0v) is 21.5. The molecule has 0 heterocycles. The molecular formula is C36H34. The lowest BCUT2D eigenvalue weighted by Gasteiger charge is -2.57. The first-order valence-corrected chi connectivity index (χ1v) is 14.5. The van der Waals surface area contributed by atoms with Gasteiger partial charge >= 0.3 is 0 Å². The fourth-order valence-electron chi connectivity index (χ4n) is 10.2. The van der Waals surface area contributed by atoms with Crippen molar-refractivity contribution >= 4 is 22.4 Å². The molecule has 7 aliphatic rings. The third-order valence-electron chi connectivity index (χ3n) is 11.5. The van der Waals surface area contributed by atoms with E-state index in [-0.39, 0.29) is 0 Å². The van der Waals surface area contributed by atoms with Gasteiger partial charge in [0.15, 0.2) is 0 Å². The standard InChI is InChI=1S/C36H34/c1-19-21-7-3-5-9-25(21)27-15-17-31-30-14-12-24-20(2)22-8-4-6-10-26(22)28-16-18-32(36(30)34(24)28)29-13-11-23(19)33(27)35(29)31/h3-5,7-9,11,13,16,18,25,27,30-31,33,35H,6,10,12,14-15,17H2,1-2H3. The molecule has 0 saturated heterocycles. The van der Waals surface area contributed by atoms with Crippen molar-refractivity contribution < 1.29 is 0 Å². The smallest absolute Gasteiger partial charge is 0.00581 e. The lowest BCUT2D eigenvalue weighted by atomic mass is 9.47. The van der Waals surface area contributed by atoms with Crippen molar-refractivity contribution in [1.82, 2.24) is 0 Å². The fourth-order valence-corrected chi connectivity index (χ4v) is 10.2. The van der Waals surface area contributed by atoms with Crippen LogP contribution < -0.4 is 0 Å². The van der Waals surface area contributed by atoms with E-state index in [1.54, 1.807) is 60.9 Å². The highest BCUT2D eigenvalue weighted by atomic mass is 14.6. The predicted octanol–water partition coefficient (Wildman–Crippen LogP) is 8.81. The molecule has 178 valence electrons. The Labute approximate surface area is 214 Å². The van der Waals surface area contributed by atoms with Crippen LogP contribution in [0.3, 0.4) is 0 Å². The van der Waals surface area contributed by atoms with Gasteiger partial charge in [-0.3, -0.25) is 0 Å². The number of rotatable bonds is 0. The Morgan fingerprint density at radius 2 is 1.67 bits per heavy atom. The SMILES string of the molecule is CC1=C2C=CC=CC2C2CCC3C4CCc5c(C)c6c(c7ccc(c4c57)C4=CC=C1C2C43)CCC=C6. The van der Waals surface area contributed by atoms with Crippen LogP contribution >= 0.6 is 0 Å². The number of hydrogen-bond acceptors (Lipinski definition) is 0. The van der Waals surface area contributed by atoms with Crippen LogP contribution in [-0.4, -0.2) is 0 Å². The van der Waals surface area contributed by atoms with Crippen molar-refractivity contribution in [3.8, 4) is 0 Å². The summed E-state index contributed by atoms with van der Waals surface area (Å²) in [6, 6.07) is 5.08. The van der Waals surface area contributed by atoms with Crippen LogP contribution in [0.15, 0.2) is 71.4 Å². The maximum atomic E-state index is 2.56. The highest BCUT2D eigenvalue weighted by Gasteiger charge is 2.54. The average Bonchev–Trinajstić information content (AvgIpc) is 2.94. The maximum absolute atomic E-state index is 2.56. The van der Waals surface area contributed by atoms with Crippen molar-refractivity contribution in [2.24, 2.45) is 29.6 Å². The van der Waals surface area contributed by atoms with E-state index in [0.717, 1.165) is 17.8 Å². The monoisotopic (exact) mass is 466 g/mol. The highest BCUT2D eigenvalue weighted by molar-refractivity contribution is 6.00. The molecule has 9 rings (SSSR count). The van der Waals surface area contributed by atoms with E-state index in [9.17, 15) is 0 Å². The molecule has 36 heavy (non-hydrogen) atoms. The molecule has 6 atom stereocenters. The molecule has 0 aromatic heterocycles. The van der Waals surface area contributed by atoms with Crippen LogP contribution in [0.5, 0.6) is 0 Å². The van der Waals surface area contributed by atoms with Gasteiger partial charge in [-0.05, 0) is 148 Å². The number of benzene rings is 2. The summed E-state index contributed by atoms with van der Waals surface area (Å²) >= 11 is 0. The molecule has 2 aromatic carbocycles. The van der Waals surface area contributed by atoms with Gasteiger partial charge in [0.2, 0.25) is 0 Å². The Bertz CT molecular complexity index is 1580. The van der Waals surface area contributed by atoms with Gasteiger partial charge in [0.05, 0.1) is 0 Å². The number of allylic oxidation sites excluding steroid dienone is 11. The van der Waals surface area contributed by atoms with Crippen molar-refractivity contribution in [2.75, 3.05) is 0 Å². The van der Waals surface area contributed by atoms with Crippen LogP contribution in [0.2, 0.25) is 0 Å². The van der Waals surface area contributed by atoms with Crippen molar-refractivity contribution in [3.63, 3.8) is 0 Å². The summed E-state index contributed by atoms with van der Waals surface area (Å²) in [5.74, 6) is 4.34. The van der Waals surface area contributed by atoms with Gasteiger partial charge in [0.25, 0.3) is 0 Å². The van der Waals surface area contributed by atoms with Crippen molar-refractivity contribution in [1.29, 1.82) is 0 Å². The molecule has 6 unspecified atom stereocenters. The summed E-state index contributed by atoms with van der Waals surface area (Å²) in [7, 11) is 0. The Hall–Kier alpha value is -2.86. The van der Waals surface area contributed by atoms with Crippen LogP contribution in [0.4, 0.5) is 0 Å². The quantitative estimate of drug-likeness (QED) is 0.364. The summed E-state index contributed by atoms with van der Waals surface area (Å²) in [5.41, 5.74) is 16.3. The molecule has 0 nitrogen and oxygen atoms in total. The van der Waals surface area contributed by atoms with E-state index in [2.05, 4.69) is 74.6 Å². The van der Waals surface area contributed by atoms with Crippen LogP contribution in [-0.2, 0) is 12.8 Å². The molecule has 0 heteroatoms. The topological polar surface area (TPSA) is 0 Å². The third kappa shape index (κ3) is 2.29. The molecular weight excluding hydrogens is 432 g/mol. The second kappa shape index (κ2) is 6.91. The van der Waals surface area contributed by atoms with Gasteiger partial charge in [-0.2, -0.15) is 0 Å². The summed E-state index contributed by atoms with van der Waals surface area (Å²) in [4.78, 5) is 0. The largest absolute Gasteiger partial charge is 0.0836 e. The molecule has 0 amide bonds. The van der Waals surface area contributed by atoms with Crippen molar-refractivity contribution in [3.05, 3.63) is 105 Å². The van der Waals surface area contributed by atoms with Crippen LogP contribution in [0.1, 0.15) is 71.9 Å². The Balaban J connectivity index is 1.32. The van der Waals surface area contributed by atoms with Gasteiger partial charge in [0, 0.05) is 5.92 Å². The minimum Gasteiger partial charge on any atom is -0.0836 e. The molecule has 0 spiro atoms. The highest BCUT2D eigenvalue weighted by Crippen LogP contribution is 2.65. The Morgan fingerprint density at radius 3 is 2.61 bits per heavy atom. The first-order valence-electron chi connectivity index (χ1n) is 14.5. The number of fused-ring (bicyclic) bond motifs is 6. The Kier molecular flexibility index (Phi) is 3.88. The molecule has 0 bridgehead atoms. The summed E-state index contributed by atoms with van der Waals surface area (Å²) in [6.07, 6.45) is 27.2. The predicted molar refractivity (Wildman–Crippen MR) is 151 cm³/mol. The Morgan fingerprint density at radius 1 is 0.806 bits per heavy atom. The lowest BCUT2D eigenvalue weighted by Crippen LogP contribution is -2.47. The maximum Gasteiger partial charge on any atom is 0.00581 e. The first-order chi connectivity index (χ1) is 17.7. The van der Waals surface area contributed by atoms with E-state index in [1.807, 2.05) is 0 Å². The van der Waals surface area contributed by atoms with Gasteiger partial charge in [-0.15, -0.1) is 0 Å². The third-order valence-corrected chi connectivity index (χ3v) is 11.5. The van der Waals surface area contributed by atoms with Gasteiger partial charge in [-0.1, -0.05) is 60.7 Å². The zero-order valence-electron chi connectivity index (χ0n) is 21.5. The van der Waals surface area contributed by atoms with Gasteiger partial charge < -0.3 is 0 Å². The van der Waals surface area contributed by atoms with Crippen LogP contribution in [0.25, 0.3) is 22.4 Å². The van der Waals surface area contributed by atoms with E-state index in [1.165, 1.54) is 44.1 Å². The molecule has 2 aromatic rings. The minimum absolute atomic E-state index is 0.621. The van der Waals surface area contributed by atoms with E-state index < -0.39 is 0 Å². The minimum atomic E-state index is 0.621. The molecule has 7 aliphatic carbocycles. The van der Waals surface area contributed by atoms with E-state index in [0.29, 0.717) is 17.8 Å². The molecule has 0 radical (unpaired) electrons. The van der Waals surface area contributed by atoms with Gasteiger partial charge in [0.1, 0.15) is 0 Å². The molecule has 1 saturated carbocycles. The summed E-state index contributed by atoms with van der Waals surface area (Å²) in [5, 5.41) is 3.26. The van der Waals surface area contributed by atoms with E-state index in [4.69, 9.17) is 0 Å². The molecule has 0 aliphatic heterocycles. The van der Waals surface area contributed by atoms with Gasteiger partial charge in [-0.25, -0.2) is 0 Å². The number of hydrogen-bond donors (Lipinski definition) is 0. The molecule has 0 N–H and O–H groups in total. The average molecular weight is 467 g/mol. The summed E-state index contributed by atoms with van der Waals surface area (Å²) in [6.45, 7) is 4.82.